The molecule has 0 aliphatic carbocycles. The Labute approximate surface area is 213 Å². The smallest absolute Gasteiger partial charge is 0.254 e. The van der Waals surface area contributed by atoms with Crippen LogP contribution in [0.5, 0.6) is 11.5 Å². The van der Waals surface area contributed by atoms with Crippen molar-refractivity contribution >= 4 is 5.91 Å². The number of amides is 1. The fraction of sp³-hybridized carbons (Fsp3) is 0.483. The Kier molecular flexibility index (Phi) is 7.60. The number of ether oxygens (including phenoxy) is 4. The molecule has 2 aromatic rings. The van der Waals surface area contributed by atoms with Crippen molar-refractivity contribution in [3.63, 3.8) is 0 Å². The molecule has 2 heterocycles. The molecule has 0 spiro atoms. The number of carbonyl (C=O) groups is 1. The molecule has 7 heteroatoms. The number of hydrogen-bond donors (Lipinski definition) is 1. The summed E-state index contributed by atoms with van der Waals surface area (Å²) in [5.41, 5.74) is 1.33. The van der Waals surface area contributed by atoms with Crippen LogP contribution >= 0.6 is 0 Å². The van der Waals surface area contributed by atoms with Crippen LogP contribution in [0.3, 0.4) is 0 Å². The van der Waals surface area contributed by atoms with Crippen molar-refractivity contribution in [2.24, 2.45) is 5.41 Å². The summed E-state index contributed by atoms with van der Waals surface area (Å²) < 4.78 is 22.9. The molecule has 2 saturated heterocycles. The number of hydrogen-bond acceptors (Lipinski definition) is 6. The van der Waals surface area contributed by atoms with Gasteiger partial charge < -0.3 is 29.0 Å². The van der Waals surface area contributed by atoms with E-state index in [2.05, 4.69) is 11.8 Å². The summed E-state index contributed by atoms with van der Waals surface area (Å²) in [4.78, 5) is 15.0. The summed E-state index contributed by atoms with van der Waals surface area (Å²) in [5, 5.41) is 10.8. The third-order valence-electron chi connectivity index (χ3n) is 7.18. The van der Waals surface area contributed by atoms with Gasteiger partial charge in [0.1, 0.15) is 6.61 Å². The zero-order chi connectivity index (χ0) is 25.9. The van der Waals surface area contributed by atoms with Crippen LogP contribution < -0.4 is 9.47 Å². The molecule has 2 fully saturated rings. The fourth-order valence-electron chi connectivity index (χ4n) is 4.90. The molecule has 192 valence electrons. The van der Waals surface area contributed by atoms with Gasteiger partial charge in [-0.15, -0.1) is 0 Å². The van der Waals surface area contributed by atoms with Gasteiger partial charge in [-0.2, -0.15) is 0 Å². The lowest BCUT2D eigenvalue weighted by atomic mass is 9.72. The van der Waals surface area contributed by atoms with Crippen molar-refractivity contribution in [2.75, 3.05) is 33.4 Å². The first-order chi connectivity index (χ1) is 17.1. The Balaban J connectivity index is 1.54. The first kappa shape index (κ1) is 26.0. The second-order valence-electron chi connectivity index (χ2n) is 10.1. The second kappa shape index (κ2) is 10.5. The van der Waals surface area contributed by atoms with Gasteiger partial charge in [0.25, 0.3) is 5.91 Å². The van der Waals surface area contributed by atoms with Gasteiger partial charge in [0.15, 0.2) is 23.4 Å². The molecule has 0 aromatic heterocycles. The molecular formula is C29H35NO6. The van der Waals surface area contributed by atoms with Crippen molar-refractivity contribution in [3.8, 4) is 23.3 Å². The average Bonchev–Trinajstić information content (AvgIpc) is 3.42. The first-order valence-electron chi connectivity index (χ1n) is 12.3. The molecular weight excluding hydrogens is 458 g/mol. The van der Waals surface area contributed by atoms with Crippen LogP contribution in [0.1, 0.15) is 44.7 Å². The zero-order valence-corrected chi connectivity index (χ0v) is 21.6. The number of methoxy groups -OCH3 is 1. The molecule has 1 amide bonds. The number of carbonyl (C=O) groups excluding carboxylic acids is 1. The largest absolute Gasteiger partial charge is 0.493 e. The number of aliphatic hydroxyl groups excluding tert-OH is 1. The van der Waals surface area contributed by atoms with Gasteiger partial charge in [0, 0.05) is 30.0 Å². The van der Waals surface area contributed by atoms with Crippen LogP contribution in [0.25, 0.3) is 0 Å². The number of likely N-dealkylation sites (tertiary alicyclic amines) is 1. The fourth-order valence-corrected chi connectivity index (χ4v) is 4.90. The van der Waals surface area contributed by atoms with E-state index in [0.717, 1.165) is 11.1 Å². The molecule has 0 bridgehead atoms. The summed E-state index contributed by atoms with van der Waals surface area (Å²) in [6.07, 6.45) is -1.28. The van der Waals surface area contributed by atoms with E-state index in [9.17, 15) is 9.90 Å². The maximum absolute atomic E-state index is 13.3. The Hall–Kier alpha value is -3.05. The highest BCUT2D eigenvalue weighted by Crippen LogP contribution is 2.47. The van der Waals surface area contributed by atoms with E-state index in [-0.39, 0.29) is 25.0 Å². The molecule has 36 heavy (non-hydrogen) atoms. The predicted molar refractivity (Wildman–Crippen MR) is 136 cm³/mol. The lowest BCUT2D eigenvalue weighted by molar-refractivity contribution is -0.159. The van der Waals surface area contributed by atoms with E-state index in [1.807, 2.05) is 55.5 Å². The SMILES string of the molecule is COc1ccc([C@@H]2CN(C(=O)[C@H]3COC(C)(C)O3)C[C@@]2(C)[C@@H](C)O)cc1OCC#Cc1ccccc1. The van der Waals surface area contributed by atoms with E-state index in [4.69, 9.17) is 18.9 Å². The summed E-state index contributed by atoms with van der Waals surface area (Å²) >= 11 is 0. The Morgan fingerprint density at radius 3 is 2.58 bits per heavy atom. The topological polar surface area (TPSA) is 77.5 Å². The van der Waals surface area contributed by atoms with Crippen molar-refractivity contribution in [2.45, 2.75) is 51.6 Å². The highest BCUT2D eigenvalue weighted by molar-refractivity contribution is 5.82. The van der Waals surface area contributed by atoms with Gasteiger partial charge in [-0.05, 0) is 50.6 Å². The quantitative estimate of drug-likeness (QED) is 0.620. The van der Waals surface area contributed by atoms with E-state index in [0.29, 0.717) is 24.6 Å². The first-order valence-corrected chi connectivity index (χ1v) is 12.3. The van der Waals surface area contributed by atoms with Gasteiger partial charge in [-0.3, -0.25) is 4.79 Å². The molecule has 2 aliphatic heterocycles. The Bertz CT molecular complexity index is 1140. The minimum absolute atomic E-state index is 0.111. The van der Waals surface area contributed by atoms with Gasteiger partial charge in [-0.25, -0.2) is 0 Å². The monoisotopic (exact) mass is 493 g/mol. The minimum Gasteiger partial charge on any atom is -0.493 e. The van der Waals surface area contributed by atoms with E-state index in [1.54, 1.807) is 32.8 Å². The van der Waals surface area contributed by atoms with E-state index >= 15 is 0 Å². The van der Waals surface area contributed by atoms with E-state index in [1.165, 1.54) is 0 Å². The molecule has 4 atom stereocenters. The van der Waals surface area contributed by atoms with Gasteiger partial charge >= 0.3 is 0 Å². The summed E-state index contributed by atoms with van der Waals surface area (Å²) in [5.74, 6) is 6.29. The number of rotatable bonds is 6. The molecule has 1 N–H and O–H groups in total. The van der Waals surface area contributed by atoms with Crippen LogP contribution in [0.15, 0.2) is 48.5 Å². The molecule has 0 unspecified atom stereocenters. The highest BCUT2D eigenvalue weighted by atomic mass is 16.7. The minimum atomic E-state index is -0.779. The molecule has 0 saturated carbocycles. The lowest BCUT2D eigenvalue weighted by Gasteiger charge is -2.34. The lowest BCUT2D eigenvalue weighted by Crippen LogP contribution is -2.42. The van der Waals surface area contributed by atoms with Crippen molar-refractivity contribution < 1.29 is 28.8 Å². The Morgan fingerprint density at radius 1 is 1.19 bits per heavy atom. The standard InChI is InChI=1S/C29H35NO6/c1-20(31)29(4)19-30(27(32)26-18-35-28(2,3)36-26)17-23(29)22-13-14-24(33-5)25(16-22)34-15-9-12-21-10-7-6-8-11-21/h6-8,10-11,13-14,16,20,23,26,31H,15,17-19H2,1-5H3/t20-,23+,26-,29+/m1/s1. The summed E-state index contributed by atoms with van der Waals surface area (Å²) in [6.45, 7) is 8.70. The number of nitrogens with zero attached hydrogens (tertiary/aromatic N) is 1. The average molecular weight is 494 g/mol. The molecule has 2 aromatic carbocycles. The molecule has 0 radical (unpaired) electrons. The van der Waals surface area contributed by atoms with Crippen LogP contribution in [0.4, 0.5) is 0 Å². The maximum atomic E-state index is 13.3. The van der Waals surface area contributed by atoms with Crippen LogP contribution in [-0.2, 0) is 14.3 Å². The number of aliphatic hydroxyl groups is 1. The van der Waals surface area contributed by atoms with Gasteiger partial charge in [-0.1, -0.05) is 43.0 Å². The van der Waals surface area contributed by atoms with E-state index < -0.39 is 23.4 Å². The van der Waals surface area contributed by atoms with Gasteiger partial charge in [0.2, 0.25) is 0 Å². The molecule has 2 aliphatic rings. The highest BCUT2D eigenvalue weighted by Gasteiger charge is 2.50. The van der Waals surface area contributed by atoms with Crippen molar-refractivity contribution in [1.82, 2.24) is 4.90 Å². The van der Waals surface area contributed by atoms with Crippen LogP contribution in [0, 0.1) is 17.3 Å². The van der Waals surface area contributed by atoms with Crippen molar-refractivity contribution in [1.29, 1.82) is 0 Å². The van der Waals surface area contributed by atoms with Crippen LogP contribution in [0.2, 0.25) is 0 Å². The Morgan fingerprint density at radius 2 is 1.94 bits per heavy atom. The maximum Gasteiger partial charge on any atom is 0.254 e. The summed E-state index contributed by atoms with van der Waals surface area (Å²) in [7, 11) is 1.60. The van der Waals surface area contributed by atoms with Gasteiger partial charge in [0.05, 0.1) is 19.8 Å². The predicted octanol–water partition coefficient (Wildman–Crippen LogP) is 3.59. The molecule has 7 nitrogen and oxygen atoms in total. The van der Waals surface area contributed by atoms with Crippen LogP contribution in [-0.4, -0.2) is 67.3 Å². The third kappa shape index (κ3) is 5.52. The molecule has 4 rings (SSSR count). The number of benzene rings is 2. The third-order valence-corrected chi connectivity index (χ3v) is 7.18. The zero-order valence-electron chi connectivity index (χ0n) is 21.6. The summed E-state index contributed by atoms with van der Waals surface area (Å²) in [6, 6.07) is 15.5. The normalized spacial score (nSPS) is 25.7. The van der Waals surface area contributed by atoms with Crippen molar-refractivity contribution in [3.05, 3.63) is 59.7 Å². The second-order valence-corrected chi connectivity index (χ2v) is 10.1.